The number of amides is 2. The lowest BCUT2D eigenvalue weighted by atomic mass is 9.74. The number of fused-ring (bicyclic) bond motifs is 1. The first kappa shape index (κ1) is 33.2. The number of piperidine rings is 1. The number of nitrogens with zero attached hydrogens (tertiary/aromatic N) is 7. The molecule has 13 heteroatoms. The van der Waals surface area contributed by atoms with Crippen LogP contribution < -0.4 is 10.6 Å². The zero-order valence-corrected chi connectivity index (χ0v) is 27.8. The molecule has 4 heterocycles. The summed E-state index contributed by atoms with van der Waals surface area (Å²) >= 11 is 0. The molecule has 258 valence electrons. The number of carbonyl (C=O) groups excluding carboxylic acids is 2. The fourth-order valence-electron chi connectivity index (χ4n) is 7.15. The van der Waals surface area contributed by atoms with Gasteiger partial charge >= 0.3 is 6.18 Å². The van der Waals surface area contributed by atoms with E-state index in [1.54, 1.807) is 60.8 Å². The van der Waals surface area contributed by atoms with Gasteiger partial charge in [-0.05, 0) is 82.6 Å². The van der Waals surface area contributed by atoms with Crippen LogP contribution in [0.2, 0.25) is 0 Å². The number of aromatic nitrogens is 4. The van der Waals surface area contributed by atoms with Crippen LogP contribution in [0.5, 0.6) is 0 Å². The number of rotatable bonds is 7. The summed E-state index contributed by atoms with van der Waals surface area (Å²) in [6, 6.07) is 16.8. The van der Waals surface area contributed by atoms with Crippen LogP contribution in [0.25, 0.3) is 16.8 Å². The Hall–Kier alpha value is -5.30. The lowest BCUT2D eigenvalue weighted by molar-refractivity contribution is -0.150. The van der Waals surface area contributed by atoms with Crippen molar-refractivity contribution in [2.75, 3.05) is 37.8 Å². The van der Waals surface area contributed by atoms with Gasteiger partial charge in [-0.2, -0.15) is 13.2 Å². The lowest BCUT2D eigenvalue weighted by Crippen LogP contribution is -2.62. The quantitative estimate of drug-likeness (QED) is 0.207. The first-order valence-corrected chi connectivity index (χ1v) is 16.6. The largest absolute Gasteiger partial charge is 0.416 e. The van der Waals surface area contributed by atoms with E-state index in [4.69, 9.17) is 10.7 Å². The van der Waals surface area contributed by atoms with E-state index in [0.29, 0.717) is 35.6 Å². The van der Waals surface area contributed by atoms with Crippen LogP contribution in [0, 0.1) is 0 Å². The van der Waals surface area contributed by atoms with Crippen molar-refractivity contribution in [3.05, 3.63) is 102 Å². The van der Waals surface area contributed by atoms with Gasteiger partial charge in [0.15, 0.2) is 0 Å². The van der Waals surface area contributed by atoms with E-state index in [1.165, 1.54) is 0 Å². The third kappa shape index (κ3) is 5.85. The monoisotopic (exact) mass is 682 g/mol. The number of para-hydroxylation sites is 1. The molecule has 1 saturated heterocycles. The molecule has 5 aromatic rings. The van der Waals surface area contributed by atoms with E-state index >= 15 is 0 Å². The minimum Gasteiger partial charge on any atom is -0.382 e. The second kappa shape index (κ2) is 12.9. The van der Waals surface area contributed by atoms with Gasteiger partial charge in [-0.25, -0.2) is 15.0 Å². The number of halogens is 3. The predicted molar refractivity (Wildman–Crippen MR) is 184 cm³/mol. The fourth-order valence-corrected chi connectivity index (χ4v) is 7.15. The highest BCUT2D eigenvalue weighted by Crippen LogP contribution is 2.40. The molecule has 10 nitrogen and oxygen atoms in total. The minimum atomic E-state index is -4.61. The number of benzene rings is 2. The number of alkyl halides is 3. The molecule has 3 aromatic heterocycles. The Balaban J connectivity index is 1.21. The number of carbonyl (C=O) groups is 2. The van der Waals surface area contributed by atoms with E-state index in [9.17, 15) is 22.8 Å². The molecule has 0 bridgehead atoms. The summed E-state index contributed by atoms with van der Waals surface area (Å²) in [7, 11) is 3.95. The summed E-state index contributed by atoms with van der Waals surface area (Å²) in [6.07, 6.45) is 4.34. The van der Waals surface area contributed by atoms with E-state index in [0.717, 1.165) is 61.2 Å². The molecule has 1 unspecified atom stereocenters. The van der Waals surface area contributed by atoms with E-state index in [-0.39, 0.29) is 29.0 Å². The van der Waals surface area contributed by atoms with Crippen LogP contribution in [-0.2, 0) is 11.0 Å². The van der Waals surface area contributed by atoms with Crippen molar-refractivity contribution in [1.82, 2.24) is 29.2 Å². The Labute approximate surface area is 287 Å². The third-order valence-corrected chi connectivity index (χ3v) is 10.0. The number of anilines is 3. The predicted octanol–water partition coefficient (Wildman–Crippen LogP) is 6.56. The molecule has 2 aromatic carbocycles. The number of imidazole rings is 1. The van der Waals surface area contributed by atoms with Crippen molar-refractivity contribution in [2.24, 2.45) is 0 Å². The molecule has 1 saturated carbocycles. The Morgan fingerprint density at radius 1 is 0.960 bits per heavy atom. The van der Waals surface area contributed by atoms with E-state index in [1.807, 2.05) is 29.6 Å². The van der Waals surface area contributed by atoms with Crippen LogP contribution in [-0.4, -0.2) is 73.7 Å². The molecule has 2 N–H and O–H groups in total. The maximum absolute atomic E-state index is 14.0. The third-order valence-electron chi connectivity index (χ3n) is 10.0. The first-order chi connectivity index (χ1) is 24.0. The van der Waals surface area contributed by atoms with Gasteiger partial charge < -0.3 is 10.6 Å². The second-order valence-corrected chi connectivity index (χ2v) is 13.2. The molecule has 7 rings (SSSR count). The number of hydrogen-bond acceptors (Lipinski definition) is 7. The molecular weight excluding hydrogens is 645 g/mol. The van der Waals surface area contributed by atoms with Crippen molar-refractivity contribution in [3.8, 4) is 11.3 Å². The highest BCUT2D eigenvalue weighted by molar-refractivity contribution is 6.10. The highest BCUT2D eigenvalue weighted by atomic mass is 19.4. The van der Waals surface area contributed by atoms with Gasteiger partial charge in [-0.3, -0.25) is 23.8 Å². The summed E-state index contributed by atoms with van der Waals surface area (Å²) in [5, 5.41) is 0. The van der Waals surface area contributed by atoms with Crippen LogP contribution in [0.4, 0.5) is 30.5 Å². The zero-order chi connectivity index (χ0) is 35.2. The number of hydrogen-bond donors (Lipinski definition) is 1. The average molecular weight is 683 g/mol. The first-order valence-electron chi connectivity index (χ1n) is 16.6. The number of nitrogen functional groups attached to an aromatic ring is 1. The number of pyridine rings is 1. The van der Waals surface area contributed by atoms with Gasteiger partial charge in [0, 0.05) is 48.7 Å². The van der Waals surface area contributed by atoms with Gasteiger partial charge in [0.2, 0.25) is 5.91 Å². The minimum absolute atomic E-state index is 0.0321. The van der Waals surface area contributed by atoms with Crippen LogP contribution in [0.1, 0.15) is 59.8 Å². The van der Waals surface area contributed by atoms with Gasteiger partial charge in [0.25, 0.3) is 5.91 Å². The Morgan fingerprint density at radius 3 is 2.36 bits per heavy atom. The molecular formula is C37H37F3N8O2. The lowest BCUT2D eigenvalue weighted by Gasteiger charge is -2.49. The SMILES string of the molecule is CN(C)C1(C(=O)N2CCCC(c3nc(-c4ccc(C(=O)N(c5ccccc5)c5cc(C(F)(F)F)ccn5)cc4)c4c(N)nccn34)C2)CCC1. The molecule has 1 aliphatic carbocycles. The molecule has 1 aliphatic heterocycles. The van der Waals surface area contributed by atoms with Gasteiger partial charge in [0.1, 0.15) is 34.2 Å². The number of nitrogens with two attached hydrogens (primary N) is 1. The summed E-state index contributed by atoms with van der Waals surface area (Å²) in [6.45, 7) is 1.25. The Bertz CT molecular complexity index is 2040. The molecule has 0 radical (unpaired) electrons. The summed E-state index contributed by atoms with van der Waals surface area (Å²) in [5.41, 5.74) is 7.55. The summed E-state index contributed by atoms with van der Waals surface area (Å²) in [4.78, 5) is 46.5. The van der Waals surface area contributed by atoms with Crippen molar-refractivity contribution in [1.29, 1.82) is 0 Å². The van der Waals surface area contributed by atoms with Gasteiger partial charge in [0.05, 0.1) is 11.3 Å². The van der Waals surface area contributed by atoms with Crippen LogP contribution in [0.15, 0.2) is 85.3 Å². The molecule has 2 fully saturated rings. The average Bonchev–Trinajstić information content (AvgIpc) is 3.49. The van der Waals surface area contributed by atoms with Gasteiger partial charge in [-0.15, -0.1) is 0 Å². The summed E-state index contributed by atoms with van der Waals surface area (Å²) in [5.74, 6) is 0.496. The smallest absolute Gasteiger partial charge is 0.382 e. The zero-order valence-electron chi connectivity index (χ0n) is 27.8. The molecule has 2 amide bonds. The fraction of sp³-hybridized carbons (Fsp3) is 0.324. The van der Waals surface area contributed by atoms with E-state index < -0.39 is 23.2 Å². The Kier molecular flexibility index (Phi) is 8.54. The number of likely N-dealkylation sites (N-methyl/N-ethyl adjacent to an activating group) is 1. The second-order valence-electron chi connectivity index (χ2n) is 13.2. The van der Waals surface area contributed by atoms with Crippen molar-refractivity contribution in [3.63, 3.8) is 0 Å². The summed E-state index contributed by atoms with van der Waals surface area (Å²) < 4.78 is 42.7. The normalized spacial score (nSPS) is 17.5. The Morgan fingerprint density at radius 2 is 1.70 bits per heavy atom. The molecule has 1 atom stereocenters. The highest BCUT2D eigenvalue weighted by Gasteiger charge is 2.49. The maximum atomic E-state index is 14.0. The van der Waals surface area contributed by atoms with Gasteiger partial charge in [-0.1, -0.05) is 30.3 Å². The van der Waals surface area contributed by atoms with Crippen LogP contribution in [0.3, 0.4) is 0 Å². The van der Waals surface area contributed by atoms with Crippen molar-refractivity contribution >= 4 is 34.7 Å². The maximum Gasteiger partial charge on any atom is 0.416 e. The molecule has 50 heavy (non-hydrogen) atoms. The number of likely N-dealkylation sites (tertiary alicyclic amines) is 1. The van der Waals surface area contributed by atoms with Crippen molar-refractivity contribution < 1.29 is 22.8 Å². The van der Waals surface area contributed by atoms with Crippen LogP contribution >= 0.6 is 0 Å². The van der Waals surface area contributed by atoms with Crippen molar-refractivity contribution in [2.45, 2.75) is 49.7 Å². The molecule has 2 aliphatic rings. The van der Waals surface area contributed by atoms with E-state index in [2.05, 4.69) is 14.9 Å². The molecule has 0 spiro atoms. The topological polar surface area (TPSA) is 113 Å². The standard InChI is InChI=1S/C37H37F3N8O2/c1-45(2)36(16-7-17-36)35(50)46-20-6-8-26(23-46)33-44-30(31-32(41)43-19-21-47(31)33)24-11-13-25(14-12-24)34(49)48(28-9-4-3-5-10-28)29-22-27(15-18-42-29)37(38,39)40/h3-5,9-15,18-19,21-22,26H,6-8,16-17,20,23H2,1-2H3,(H2,41,43).